The molecule has 0 radical (unpaired) electrons. The molecule has 0 bridgehead atoms. The van der Waals surface area contributed by atoms with E-state index in [9.17, 15) is 9.90 Å². The Kier molecular flexibility index (Phi) is 13.5. The minimum Gasteiger partial charge on any atom is -0.508 e. The minimum absolute atomic E-state index is 0.0260. The lowest BCUT2D eigenvalue weighted by molar-refractivity contribution is -0.139. The average Bonchev–Trinajstić information content (AvgIpc) is 2.67. The van der Waals surface area contributed by atoms with Gasteiger partial charge in [-0.25, -0.2) is 0 Å². The third-order valence-electron chi connectivity index (χ3n) is 5.29. The highest BCUT2D eigenvalue weighted by molar-refractivity contribution is 5.75. The van der Waals surface area contributed by atoms with Gasteiger partial charge in [0.1, 0.15) is 11.5 Å². The molecule has 0 spiro atoms. The Balaban J connectivity index is 2.03. The van der Waals surface area contributed by atoms with Gasteiger partial charge in [0, 0.05) is 0 Å². The Morgan fingerprint density at radius 3 is 1.78 bits per heavy atom. The molecule has 3 nitrogen and oxygen atoms in total. The molecular formula is C24H40O3. The number of carbonyl (C=O) groups excluding carboxylic acids is 1. The van der Waals surface area contributed by atoms with Gasteiger partial charge in [-0.15, -0.1) is 0 Å². The van der Waals surface area contributed by atoms with Crippen molar-refractivity contribution in [3.05, 3.63) is 24.3 Å². The summed E-state index contributed by atoms with van der Waals surface area (Å²) in [7, 11) is 0. The van der Waals surface area contributed by atoms with E-state index < -0.39 is 0 Å². The summed E-state index contributed by atoms with van der Waals surface area (Å²) < 4.78 is 5.43. The molecule has 1 aromatic carbocycles. The molecule has 0 saturated heterocycles. The number of carbonyl (C=O) groups is 1. The van der Waals surface area contributed by atoms with Crippen molar-refractivity contribution >= 4 is 5.97 Å². The SMILES string of the molecule is CCCCCCCCCCCCCCC(CC)C(=O)Oc1ccc(O)cc1. The molecule has 0 aliphatic rings. The van der Waals surface area contributed by atoms with Crippen molar-refractivity contribution in [2.75, 3.05) is 0 Å². The zero-order valence-corrected chi connectivity index (χ0v) is 17.5. The molecular weight excluding hydrogens is 336 g/mol. The first-order chi connectivity index (χ1) is 13.2. The molecule has 1 unspecified atom stereocenters. The standard InChI is InChI=1S/C24H40O3/c1-3-5-6-7-8-9-10-11-12-13-14-15-16-21(4-2)24(26)27-23-19-17-22(25)18-20-23/h17-21,25H,3-16H2,1-2H3. The molecule has 1 N–H and O–H groups in total. The summed E-state index contributed by atoms with van der Waals surface area (Å²) in [5.74, 6) is 0.512. The second-order valence-corrected chi connectivity index (χ2v) is 7.70. The molecule has 154 valence electrons. The quantitative estimate of drug-likeness (QED) is 0.185. The Morgan fingerprint density at radius 2 is 1.30 bits per heavy atom. The van der Waals surface area contributed by atoms with Crippen LogP contribution in [0.3, 0.4) is 0 Å². The Hall–Kier alpha value is -1.51. The summed E-state index contributed by atoms with van der Waals surface area (Å²) in [5.41, 5.74) is 0. The van der Waals surface area contributed by atoms with Crippen molar-refractivity contribution in [1.29, 1.82) is 0 Å². The van der Waals surface area contributed by atoms with Crippen LogP contribution in [0.2, 0.25) is 0 Å². The number of unbranched alkanes of at least 4 members (excludes halogenated alkanes) is 11. The van der Waals surface area contributed by atoms with Gasteiger partial charge in [0.15, 0.2) is 0 Å². The van der Waals surface area contributed by atoms with Gasteiger partial charge in [0.25, 0.3) is 0 Å². The van der Waals surface area contributed by atoms with Crippen LogP contribution in [-0.2, 0) is 4.79 Å². The van der Waals surface area contributed by atoms with Crippen LogP contribution in [0.4, 0.5) is 0 Å². The molecule has 0 heterocycles. The summed E-state index contributed by atoms with van der Waals surface area (Å²) in [6.45, 7) is 4.31. The summed E-state index contributed by atoms with van der Waals surface area (Å²) in [6.07, 6.45) is 17.7. The summed E-state index contributed by atoms with van der Waals surface area (Å²) in [4.78, 5) is 12.3. The maximum absolute atomic E-state index is 12.3. The maximum atomic E-state index is 12.3. The van der Waals surface area contributed by atoms with Crippen LogP contribution in [-0.4, -0.2) is 11.1 Å². The molecule has 0 aliphatic carbocycles. The Morgan fingerprint density at radius 1 is 0.815 bits per heavy atom. The molecule has 0 aromatic heterocycles. The smallest absolute Gasteiger partial charge is 0.314 e. The number of ether oxygens (including phenoxy) is 1. The lowest BCUT2D eigenvalue weighted by atomic mass is 9.97. The molecule has 27 heavy (non-hydrogen) atoms. The van der Waals surface area contributed by atoms with Crippen LogP contribution in [0.15, 0.2) is 24.3 Å². The number of rotatable bonds is 16. The highest BCUT2D eigenvalue weighted by Crippen LogP contribution is 2.21. The number of aromatic hydroxyl groups is 1. The number of esters is 1. The van der Waals surface area contributed by atoms with E-state index in [1.54, 1.807) is 12.1 Å². The van der Waals surface area contributed by atoms with Crippen LogP contribution in [0.25, 0.3) is 0 Å². The van der Waals surface area contributed by atoms with E-state index in [1.807, 2.05) is 6.92 Å². The number of hydrogen-bond acceptors (Lipinski definition) is 3. The van der Waals surface area contributed by atoms with Crippen LogP contribution in [0, 0.1) is 5.92 Å². The van der Waals surface area contributed by atoms with Gasteiger partial charge in [0.2, 0.25) is 0 Å². The van der Waals surface area contributed by atoms with E-state index in [2.05, 4.69) is 6.92 Å². The Bertz CT molecular complexity index is 481. The van der Waals surface area contributed by atoms with Crippen LogP contribution >= 0.6 is 0 Å². The van der Waals surface area contributed by atoms with E-state index >= 15 is 0 Å². The largest absolute Gasteiger partial charge is 0.508 e. The molecule has 1 atom stereocenters. The van der Waals surface area contributed by atoms with Gasteiger partial charge >= 0.3 is 5.97 Å². The summed E-state index contributed by atoms with van der Waals surface area (Å²) in [5, 5.41) is 9.28. The Labute approximate surface area is 166 Å². The predicted octanol–water partition coefficient (Wildman–Crippen LogP) is 7.42. The number of phenols is 1. The number of benzene rings is 1. The molecule has 0 aliphatic heterocycles. The maximum Gasteiger partial charge on any atom is 0.314 e. The fourth-order valence-corrected chi connectivity index (χ4v) is 3.43. The molecule has 0 saturated carbocycles. The van der Waals surface area contributed by atoms with E-state index in [0.717, 1.165) is 19.3 Å². The van der Waals surface area contributed by atoms with E-state index in [1.165, 1.54) is 82.8 Å². The highest BCUT2D eigenvalue weighted by Gasteiger charge is 2.18. The van der Waals surface area contributed by atoms with E-state index in [0.29, 0.717) is 5.75 Å². The third-order valence-corrected chi connectivity index (χ3v) is 5.29. The van der Waals surface area contributed by atoms with Crippen molar-refractivity contribution in [2.24, 2.45) is 5.92 Å². The number of phenolic OH excluding ortho intramolecular Hbond substituents is 1. The van der Waals surface area contributed by atoms with E-state index in [-0.39, 0.29) is 17.6 Å². The van der Waals surface area contributed by atoms with Crippen molar-refractivity contribution in [3.8, 4) is 11.5 Å². The second kappa shape index (κ2) is 15.5. The van der Waals surface area contributed by atoms with Crippen LogP contribution < -0.4 is 4.74 Å². The van der Waals surface area contributed by atoms with Crippen molar-refractivity contribution < 1.29 is 14.6 Å². The number of hydrogen-bond donors (Lipinski definition) is 1. The topological polar surface area (TPSA) is 46.5 Å². The molecule has 3 heteroatoms. The molecule has 1 rings (SSSR count). The summed E-state index contributed by atoms with van der Waals surface area (Å²) >= 11 is 0. The lowest BCUT2D eigenvalue weighted by Crippen LogP contribution is -2.20. The summed E-state index contributed by atoms with van der Waals surface area (Å²) in [6, 6.07) is 6.33. The average molecular weight is 377 g/mol. The van der Waals surface area contributed by atoms with Gasteiger partial charge in [0.05, 0.1) is 5.92 Å². The fraction of sp³-hybridized carbons (Fsp3) is 0.708. The zero-order valence-electron chi connectivity index (χ0n) is 17.5. The predicted molar refractivity (Wildman–Crippen MR) is 113 cm³/mol. The first kappa shape index (κ1) is 23.5. The van der Waals surface area contributed by atoms with E-state index in [4.69, 9.17) is 4.74 Å². The minimum atomic E-state index is -0.147. The first-order valence-electron chi connectivity index (χ1n) is 11.2. The van der Waals surface area contributed by atoms with Crippen LogP contribution in [0.1, 0.15) is 104 Å². The first-order valence-corrected chi connectivity index (χ1v) is 11.2. The zero-order chi connectivity index (χ0) is 19.7. The van der Waals surface area contributed by atoms with Gasteiger partial charge in [-0.3, -0.25) is 4.79 Å². The van der Waals surface area contributed by atoms with Crippen molar-refractivity contribution in [1.82, 2.24) is 0 Å². The van der Waals surface area contributed by atoms with Gasteiger partial charge in [-0.1, -0.05) is 90.9 Å². The normalized spacial score (nSPS) is 12.1. The third kappa shape index (κ3) is 11.7. The monoisotopic (exact) mass is 376 g/mol. The lowest BCUT2D eigenvalue weighted by Gasteiger charge is -2.14. The fourth-order valence-electron chi connectivity index (χ4n) is 3.43. The molecule has 0 fully saturated rings. The van der Waals surface area contributed by atoms with Gasteiger partial charge < -0.3 is 9.84 Å². The highest BCUT2D eigenvalue weighted by atomic mass is 16.5. The second-order valence-electron chi connectivity index (χ2n) is 7.70. The van der Waals surface area contributed by atoms with Gasteiger partial charge in [-0.2, -0.15) is 0 Å². The van der Waals surface area contributed by atoms with Crippen molar-refractivity contribution in [3.63, 3.8) is 0 Å². The van der Waals surface area contributed by atoms with Crippen LogP contribution in [0.5, 0.6) is 11.5 Å². The molecule has 0 amide bonds. The van der Waals surface area contributed by atoms with Gasteiger partial charge in [-0.05, 0) is 37.1 Å². The van der Waals surface area contributed by atoms with Crippen molar-refractivity contribution in [2.45, 2.75) is 104 Å². The molecule has 1 aromatic rings.